The fourth-order valence-electron chi connectivity index (χ4n) is 4.33. The van der Waals surface area contributed by atoms with Crippen LogP contribution < -0.4 is 14.8 Å². The van der Waals surface area contributed by atoms with Gasteiger partial charge < -0.3 is 14.8 Å². The van der Waals surface area contributed by atoms with Gasteiger partial charge >= 0.3 is 0 Å². The summed E-state index contributed by atoms with van der Waals surface area (Å²) >= 11 is 0. The van der Waals surface area contributed by atoms with E-state index in [1.165, 1.54) is 6.07 Å². The second-order valence-electron chi connectivity index (χ2n) is 7.57. The van der Waals surface area contributed by atoms with Crippen LogP contribution in [0.5, 0.6) is 11.5 Å². The van der Waals surface area contributed by atoms with Crippen molar-refractivity contribution in [1.82, 2.24) is 19.6 Å². The third-order valence-corrected chi connectivity index (χ3v) is 5.78. The Hall–Kier alpha value is -3.68. The molecule has 0 spiro atoms. The Balaban J connectivity index is 1.54. The summed E-state index contributed by atoms with van der Waals surface area (Å²) in [6.07, 6.45) is 3.39. The molecule has 30 heavy (non-hydrogen) atoms. The van der Waals surface area contributed by atoms with Crippen LogP contribution in [0.25, 0.3) is 16.9 Å². The zero-order valence-electron chi connectivity index (χ0n) is 16.2. The van der Waals surface area contributed by atoms with E-state index in [-0.39, 0.29) is 11.7 Å². The fourth-order valence-corrected chi connectivity index (χ4v) is 4.33. The summed E-state index contributed by atoms with van der Waals surface area (Å²) in [6.45, 7) is 3.17. The van der Waals surface area contributed by atoms with Gasteiger partial charge in [0.25, 0.3) is 0 Å². The number of halogens is 1. The Morgan fingerprint density at radius 3 is 2.90 bits per heavy atom. The van der Waals surface area contributed by atoms with E-state index >= 15 is 0 Å². The molecule has 0 saturated heterocycles. The molecular weight excluding hydrogens is 385 g/mol. The van der Waals surface area contributed by atoms with E-state index in [1.54, 1.807) is 18.6 Å². The summed E-state index contributed by atoms with van der Waals surface area (Å²) < 4.78 is 28.5. The Bertz CT molecular complexity index is 1300. The van der Waals surface area contributed by atoms with Gasteiger partial charge in [-0.1, -0.05) is 6.07 Å². The van der Waals surface area contributed by atoms with Crippen molar-refractivity contribution in [3.63, 3.8) is 0 Å². The molecule has 0 aliphatic carbocycles. The molecule has 0 fully saturated rings. The van der Waals surface area contributed by atoms with Crippen molar-refractivity contribution in [3.05, 3.63) is 65.4 Å². The number of hydrogen-bond donors (Lipinski definition) is 1. The summed E-state index contributed by atoms with van der Waals surface area (Å²) in [6, 6.07) is 9.00. The molecule has 5 heterocycles. The van der Waals surface area contributed by atoms with Crippen LogP contribution in [0.15, 0.2) is 42.9 Å². The Morgan fingerprint density at radius 1 is 1.17 bits per heavy atom. The molecule has 4 aromatic rings. The lowest BCUT2D eigenvalue weighted by Crippen LogP contribution is -2.13. The molecule has 3 aromatic heterocycles. The maximum atomic E-state index is 14.7. The molecule has 0 amide bonds. The van der Waals surface area contributed by atoms with Gasteiger partial charge in [0.05, 0.1) is 24.8 Å². The molecule has 1 N–H and O–H groups in total. The standard InChI is InChI=1S/C22H18FN5O2/c1-12-3-2-6-24-20(12)14-7-18-22(28-11-26-27-21(14)28)25-8-15-16(23)4-5-17-19(15)13(9-29-17)10-30-18/h2-7,11,13,25H,8-10H2,1H3/t13-/m1/s1. The molecule has 0 radical (unpaired) electrons. The van der Waals surface area contributed by atoms with E-state index in [0.29, 0.717) is 42.5 Å². The largest absolute Gasteiger partial charge is 0.493 e. The van der Waals surface area contributed by atoms with Gasteiger partial charge in [-0.2, -0.15) is 0 Å². The van der Waals surface area contributed by atoms with Gasteiger partial charge in [0.2, 0.25) is 0 Å². The van der Waals surface area contributed by atoms with E-state index in [0.717, 1.165) is 28.1 Å². The molecule has 2 aliphatic rings. The van der Waals surface area contributed by atoms with Gasteiger partial charge in [-0.05, 0) is 36.8 Å². The number of nitrogens with zero attached hydrogens (tertiary/aromatic N) is 4. The summed E-state index contributed by atoms with van der Waals surface area (Å²) in [5, 5.41) is 11.7. The molecule has 0 unspecified atom stereocenters. The minimum Gasteiger partial charge on any atom is -0.493 e. The first-order chi connectivity index (χ1) is 14.7. The third kappa shape index (κ3) is 2.46. The van der Waals surface area contributed by atoms with E-state index in [1.807, 2.05) is 29.5 Å². The molecule has 1 aromatic carbocycles. The molecule has 7 nitrogen and oxygen atoms in total. The third-order valence-electron chi connectivity index (χ3n) is 5.78. The lowest BCUT2D eigenvalue weighted by atomic mass is 9.96. The first-order valence-electron chi connectivity index (χ1n) is 9.80. The Morgan fingerprint density at radius 2 is 2.03 bits per heavy atom. The van der Waals surface area contributed by atoms with Crippen molar-refractivity contribution in [1.29, 1.82) is 0 Å². The zero-order chi connectivity index (χ0) is 20.2. The van der Waals surface area contributed by atoms with Crippen molar-refractivity contribution in [2.75, 3.05) is 18.5 Å². The van der Waals surface area contributed by atoms with Gasteiger partial charge in [0.1, 0.15) is 17.9 Å². The van der Waals surface area contributed by atoms with Gasteiger partial charge in [-0.25, -0.2) is 4.39 Å². The molecule has 150 valence electrons. The second kappa shape index (κ2) is 6.41. The van der Waals surface area contributed by atoms with Crippen LogP contribution in [-0.4, -0.2) is 32.8 Å². The number of rotatable bonds is 1. The molecular formula is C22H18FN5O2. The van der Waals surface area contributed by atoms with E-state index in [9.17, 15) is 4.39 Å². The lowest BCUT2D eigenvalue weighted by Gasteiger charge is -2.17. The van der Waals surface area contributed by atoms with E-state index < -0.39 is 0 Å². The highest BCUT2D eigenvalue weighted by Gasteiger charge is 2.31. The number of aryl methyl sites for hydroxylation is 1. The van der Waals surface area contributed by atoms with Crippen molar-refractivity contribution in [3.8, 4) is 22.8 Å². The van der Waals surface area contributed by atoms with Crippen LogP contribution in [0.1, 0.15) is 22.6 Å². The molecule has 0 saturated carbocycles. The average molecular weight is 403 g/mol. The topological polar surface area (TPSA) is 73.6 Å². The Labute approximate surface area is 171 Å². The number of anilines is 1. The second-order valence-corrected chi connectivity index (χ2v) is 7.57. The van der Waals surface area contributed by atoms with Crippen LogP contribution >= 0.6 is 0 Å². The predicted molar refractivity (Wildman–Crippen MR) is 108 cm³/mol. The zero-order valence-corrected chi connectivity index (χ0v) is 16.2. The van der Waals surface area contributed by atoms with Crippen molar-refractivity contribution in [2.24, 2.45) is 0 Å². The monoisotopic (exact) mass is 403 g/mol. The van der Waals surface area contributed by atoms with Gasteiger partial charge in [-0.15, -0.1) is 10.2 Å². The van der Waals surface area contributed by atoms with Crippen LogP contribution in [0, 0.1) is 12.7 Å². The number of ether oxygens (including phenoxy) is 2. The van der Waals surface area contributed by atoms with Crippen LogP contribution in [-0.2, 0) is 6.54 Å². The van der Waals surface area contributed by atoms with Crippen molar-refractivity contribution >= 4 is 11.5 Å². The quantitative estimate of drug-likeness (QED) is 0.522. The number of hydrogen-bond acceptors (Lipinski definition) is 6. The van der Waals surface area contributed by atoms with Crippen molar-refractivity contribution in [2.45, 2.75) is 19.4 Å². The number of nitrogens with one attached hydrogen (secondary N) is 1. The SMILES string of the molecule is Cc1cccnc1-c1cc2c(n3cnnc13)NCc1c(F)ccc3c1[C@H](CO3)CO2. The highest BCUT2D eigenvalue weighted by atomic mass is 19.1. The number of fused-ring (bicyclic) bond motifs is 3. The Kier molecular flexibility index (Phi) is 3.68. The lowest BCUT2D eigenvalue weighted by molar-refractivity contribution is 0.249. The number of aromatic nitrogens is 4. The molecule has 6 rings (SSSR count). The predicted octanol–water partition coefficient (Wildman–Crippen LogP) is 3.72. The minimum absolute atomic E-state index is 0.0323. The smallest absolute Gasteiger partial charge is 0.171 e. The van der Waals surface area contributed by atoms with Gasteiger partial charge in [0, 0.05) is 29.4 Å². The van der Waals surface area contributed by atoms with Crippen molar-refractivity contribution < 1.29 is 13.9 Å². The summed E-state index contributed by atoms with van der Waals surface area (Å²) in [5.41, 5.74) is 4.84. The summed E-state index contributed by atoms with van der Waals surface area (Å²) in [4.78, 5) is 4.54. The normalized spacial score (nSPS) is 17.1. The average Bonchev–Trinajstić information content (AvgIpc) is 3.40. The first kappa shape index (κ1) is 17.2. The van der Waals surface area contributed by atoms with Gasteiger partial charge in [0.15, 0.2) is 17.2 Å². The maximum Gasteiger partial charge on any atom is 0.171 e. The van der Waals surface area contributed by atoms with Gasteiger partial charge in [-0.3, -0.25) is 9.38 Å². The fraction of sp³-hybridized carbons (Fsp3) is 0.227. The molecule has 1 atom stereocenters. The highest BCUT2D eigenvalue weighted by molar-refractivity contribution is 5.81. The summed E-state index contributed by atoms with van der Waals surface area (Å²) in [7, 11) is 0. The van der Waals surface area contributed by atoms with E-state index in [4.69, 9.17) is 9.47 Å². The molecule has 8 heteroatoms. The van der Waals surface area contributed by atoms with Crippen LogP contribution in [0.2, 0.25) is 0 Å². The molecule has 2 aliphatic heterocycles. The number of benzene rings is 1. The number of pyridine rings is 2. The molecule has 0 bridgehead atoms. The highest BCUT2D eigenvalue weighted by Crippen LogP contribution is 2.41. The van der Waals surface area contributed by atoms with E-state index in [2.05, 4.69) is 20.5 Å². The van der Waals surface area contributed by atoms with Crippen LogP contribution in [0.4, 0.5) is 10.2 Å². The summed E-state index contributed by atoms with van der Waals surface area (Å²) in [5.74, 6) is 1.78. The minimum atomic E-state index is -0.249. The first-order valence-corrected chi connectivity index (χ1v) is 9.80. The van der Waals surface area contributed by atoms with Crippen LogP contribution in [0.3, 0.4) is 0 Å². The maximum absolute atomic E-state index is 14.7.